The van der Waals surface area contributed by atoms with Crippen molar-refractivity contribution in [2.45, 2.75) is 46.3 Å². The van der Waals surface area contributed by atoms with Crippen LogP contribution in [0.25, 0.3) is 16.8 Å². The van der Waals surface area contributed by atoms with Gasteiger partial charge in [0.05, 0.1) is 18.4 Å². The predicted molar refractivity (Wildman–Crippen MR) is 120 cm³/mol. The second-order valence-electron chi connectivity index (χ2n) is 9.37. The third kappa shape index (κ3) is 4.24. The van der Waals surface area contributed by atoms with E-state index in [1.54, 1.807) is 0 Å². The Balaban J connectivity index is 1.73. The third-order valence-electron chi connectivity index (χ3n) is 5.70. The zero-order valence-electron chi connectivity index (χ0n) is 19.3. The number of rotatable bonds is 2. The second kappa shape index (κ2) is 7.90. The highest BCUT2D eigenvalue weighted by molar-refractivity contribution is 5.72. The molecule has 0 radical (unpaired) electrons. The van der Waals surface area contributed by atoms with Crippen LogP contribution in [-0.2, 0) is 11.8 Å². The molecule has 0 unspecified atom stereocenters. The smallest absolute Gasteiger partial charge is 0.410 e. The molecule has 8 heteroatoms. The Bertz CT molecular complexity index is 1130. The van der Waals surface area contributed by atoms with E-state index in [1.165, 1.54) is 11.3 Å². The maximum atomic E-state index is 12.6. The molecule has 1 fully saturated rings. The lowest BCUT2D eigenvalue weighted by Crippen LogP contribution is -2.55. The summed E-state index contributed by atoms with van der Waals surface area (Å²) in [5, 5.41) is 5.46. The van der Waals surface area contributed by atoms with Gasteiger partial charge in [-0.2, -0.15) is 5.10 Å². The lowest BCUT2D eigenvalue weighted by molar-refractivity contribution is 0.0124. The first-order valence-corrected chi connectivity index (χ1v) is 10.8. The molecule has 31 heavy (non-hydrogen) atoms. The van der Waals surface area contributed by atoms with Gasteiger partial charge in [-0.1, -0.05) is 6.08 Å². The minimum Gasteiger partial charge on any atom is -0.444 e. The molecule has 0 aliphatic carbocycles. The van der Waals surface area contributed by atoms with Crippen molar-refractivity contribution in [3.8, 4) is 11.1 Å². The quantitative estimate of drug-likeness (QED) is 0.800. The lowest BCUT2D eigenvalue weighted by atomic mass is 10.0. The second-order valence-corrected chi connectivity index (χ2v) is 9.37. The van der Waals surface area contributed by atoms with Crippen LogP contribution in [0.4, 0.5) is 4.79 Å². The van der Waals surface area contributed by atoms with E-state index in [-0.39, 0.29) is 12.1 Å². The van der Waals surface area contributed by atoms with E-state index in [9.17, 15) is 4.79 Å². The van der Waals surface area contributed by atoms with Gasteiger partial charge in [-0.15, -0.1) is 0 Å². The summed E-state index contributed by atoms with van der Waals surface area (Å²) >= 11 is 0. The Morgan fingerprint density at radius 2 is 2.06 bits per heavy atom. The Kier molecular flexibility index (Phi) is 5.41. The van der Waals surface area contributed by atoms with Gasteiger partial charge >= 0.3 is 6.09 Å². The normalized spacial score (nSPS) is 19.5. The van der Waals surface area contributed by atoms with Crippen molar-refractivity contribution in [3.05, 3.63) is 40.9 Å². The van der Waals surface area contributed by atoms with Crippen LogP contribution >= 0.6 is 0 Å². The van der Waals surface area contributed by atoms with E-state index in [0.717, 1.165) is 28.4 Å². The van der Waals surface area contributed by atoms with Gasteiger partial charge in [0.1, 0.15) is 11.1 Å². The molecular formula is C23H32N6O2. The molecule has 0 aromatic carbocycles. The summed E-state index contributed by atoms with van der Waals surface area (Å²) in [6.45, 7) is 12.6. The number of amides is 1. The summed E-state index contributed by atoms with van der Waals surface area (Å²) in [4.78, 5) is 24.9. The predicted octanol–water partition coefficient (Wildman–Crippen LogP) is 2.04. The topological polar surface area (TPSA) is 78.8 Å². The molecule has 0 spiro atoms. The number of carbonyl (C=O) groups excluding carboxylic acids is 1. The van der Waals surface area contributed by atoms with E-state index in [0.29, 0.717) is 19.6 Å². The fourth-order valence-corrected chi connectivity index (χ4v) is 4.28. The SMILES string of the molecule is CC1=CCN=c2[nH]cc(-c3cnn(C)c3)c2=C1N1CCN(C(=O)OC(C)(C)C)C[C@@H]1C. The van der Waals surface area contributed by atoms with Crippen LogP contribution in [0, 0.1) is 0 Å². The van der Waals surface area contributed by atoms with Crippen molar-refractivity contribution >= 4 is 11.8 Å². The Morgan fingerprint density at radius 1 is 1.29 bits per heavy atom. The molecule has 2 aliphatic heterocycles. The molecule has 1 N–H and O–H groups in total. The number of nitrogens with one attached hydrogen (secondary N) is 1. The molecule has 2 aromatic rings. The lowest BCUT2D eigenvalue weighted by Gasteiger charge is -2.42. The Morgan fingerprint density at radius 3 is 2.71 bits per heavy atom. The largest absolute Gasteiger partial charge is 0.444 e. The number of piperazine rings is 1. The Labute approximate surface area is 182 Å². The Hall–Kier alpha value is -3.03. The summed E-state index contributed by atoms with van der Waals surface area (Å²) in [6, 6.07) is 0.141. The van der Waals surface area contributed by atoms with Crippen LogP contribution in [0.3, 0.4) is 0 Å². The monoisotopic (exact) mass is 424 g/mol. The van der Waals surface area contributed by atoms with E-state index in [1.807, 2.05) is 56.0 Å². The number of nitrogens with zero attached hydrogens (tertiary/aromatic N) is 5. The number of aryl methyl sites for hydroxylation is 1. The van der Waals surface area contributed by atoms with Crippen molar-refractivity contribution in [1.29, 1.82) is 0 Å². The molecule has 4 heterocycles. The van der Waals surface area contributed by atoms with Gasteiger partial charge in [0.15, 0.2) is 0 Å². The minimum absolute atomic E-state index is 0.141. The zero-order valence-corrected chi connectivity index (χ0v) is 19.3. The van der Waals surface area contributed by atoms with Crippen LogP contribution in [0.15, 0.2) is 35.2 Å². The number of aromatic nitrogens is 3. The number of aromatic amines is 1. The van der Waals surface area contributed by atoms with Crippen LogP contribution in [0.1, 0.15) is 34.6 Å². The summed E-state index contributed by atoms with van der Waals surface area (Å²) in [5.41, 5.74) is 4.93. The van der Waals surface area contributed by atoms with Crippen molar-refractivity contribution in [2.75, 3.05) is 26.2 Å². The molecule has 8 nitrogen and oxygen atoms in total. The van der Waals surface area contributed by atoms with Crippen molar-refractivity contribution < 1.29 is 9.53 Å². The molecule has 2 aromatic heterocycles. The molecule has 0 bridgehead atoms. The number of hydrogen-bond donors (Lipinski definition) is 1. The third-order valence-corrected chi connectivity index (χ3v) is 5.70. The standard InChI is InChI=1S/C23H32N6O2/c1-15-7-8-24-21-19(18(12-25-21)17-11-26-27(6)14-17)20(15)29-10-9-28(13-16(29)2)22(30)31-23(3,4)5/h7,11-12,14,16H,8-10,13H2,1-6H3,(H,24,25)/t16-/m0/s1. The van der Waals surface area contributed by atoms with Crippen LogP contribution in [-0.4, -0.2) is 68.5 Å². The van der Waals surface area contributed by atoms with Crippen LogP contribution in [0.5, 0.6) is 0 Å². The zero-order chi connectivity index (χ0) is 22.3. The fourth-order valence-electron chi connectivity index (χ4n) is 4.28. The van der Waals surface area contributed by atoms with Crippen molar-refractivity contribution in [1.82, 2.24) is 24.6 Å². The number of hydrogen-bond acceptors (Lipinski definition) is 5. The van der Waals surface area contributed by atoms with Crippen LogP contribution in [0.2, 0.25) is 0 Å². The first-order valence-electron chi connectivity index (χ1n) is 10.8. The van der Waals surface area contributed by atoms with Crippen LogP contribution < -0.4 is 10.7 Å². The van der Waals surface area contributed by atoms with E-state index in [2.05, 4.69) is 34.9 Å². The van der Waals surface area contributed by atoms with E-state index >= 15 is 0 Å². The van der Waals surface area contributed by atoms with Gasteiger partial charge in [0.2, 0.25) is 0 Å². The number of carbonyl (C=O) groups is 1. The maximum Gasteiger partial charge on any atom is 0.410 e. The highest BCUT2D eigenvalue weighted by Crippen LogP contribution is 2.25. The first kappa shape index (κ1) is 21.2. The first-order chi connectivity index (χ1) is 14.6. The van der Waals surface area contributed by atoms with Gasteiger partial charge in [-0.05, 0) is 40.2 Å². The molecule has 166 valence electrons. The van der Waals surface area contributed by atoms with Gasteiger partial charge < -0.3 is 19.5 Å². The summed E-state index contributed by atoms with van der Waals surface area (Å²) < 4.78 is 7.40. The molecule has 1 atom stereocenters. The number of ether oxygens (including phenoxy) is 1. The maximum absolute atomic E-state index is 12.6. The number of H-pyrrole nitrogens is 1. The van der Waals surface area contributed by atoms with Crippen molar-refractivity contribution in [3.63, 3.8) is 0 Å². The van der Waals surface area contributed by atoms with Gasteiger partial charge in [0, 0.05) is 61.5 Å². The number of fused-ring (bicyclic) bond motifs is 1. The average molecular weight is 425 g/mol. The molecule has 1 amide bonds. The summed E-state index contributed by atoms with van der Waals surface area (Å²) in [7, 11) is 1.92. The van der Waals surface area contributed by atoms with Gasteiger partial charge in [-0.3, -0.25) is 9.67 Å². The highest BCUT2D eigenvalue weighted by atomic mass is 16.6. The minimum atomic E-state index is -0.493. The average Bonchev–Trinajstić information content (AvgIpc) is 3.24. The summed E-state index contributed by atoms with van der Waals surface area (Å²) in [6.07, 6.45) is 7.85. The highest BCUT2D eigenvalue weighted by Gasteiger charge is 2.32. The van der Waals surface area contributed by atoms with E-state index < -0.39 is 5.60 Å². The van der Waals surface area contributed by atoms with Crippen molar-refractivity contribution in [2.24, 2.45) is 12.0 Å². The molecule has 1 saturated heterocycles. The van der Waals surface area contributed by atoms with Gasteiger partial charge in [0.25, 0.3) is 0 Å². The summed E-state index contributed by atoms with van der Waals surface area (Å²) in [5.74, 6) is 0. The molecule has 0 saturated carbocycles. The molecule has 4 rings (SSSR count). The van der Waals surface area contributed by atoms with E-state index in [4.69, 9.17) is 9.73 Å². The van der Waals surface area contributed by atoms with Gasteiger partial charge in [-0.25, -0.2) is 4.79 Å². The fraction of sp³-hybridized carbons (Fsp3) is 0.522. The molecule has 2 aliphatic rings. The molecular weight excluding hydrogens is 392 g/mol.